The molecule has 0 saturated heterocycles. The number of Topliss-reactive ketones (excluding diaryl/α,β-unsaturated/α-hetero) is 1. The molecule has 0 saturated carbocycles. The predicted molar refractivity (Wildman–Crippen MR) is 56.3 cm³/mol. The Balaban J connectivity index is 2.51. The van der Waals surface area contributed by atoms with Crippen molar-refractivity contribution >= 4 is 40.3 Å². The number of ketones is 1. The lowest BCUT2D eigenvalue weighted by atomic mass is 10.1. The van der Waals surface area contributed by atoms with Gasteiger partial charge in [0.25, 0.3) is 0 Å². The van der Waals surface area contributed by atoms with Crippen LogP contribution < -0.4 is 4.90 Å². The van der Waals surface area contributed by atoms with Crippen molar-refractivity contribution in [1.82, 2.24) is 0 Å². The first kappa shape index (κ1) is 9.68. The number of rotatable bonds is 0. The Kier molecular flexibility index (Phi) is 2.33. The fraction of sp³-hybridized carbons (Fsp3) is 0.333. The van der Waals surface area contributed by atoms with Crippen LogP contribution in [-0.2, 0) is 4.79 Å². The fourth-order valence-corrected chi connectivity index (χ4v) is 2.72. The van der Waals surface area contributed by atoms with Gasteiger partial charge in [0.05, 0.1) is 14.9 Å². The second-order valence-electron chi connectivity index (χ2n) is 3.11. The Bertz CT molecular complexity index is 413. The van der Waals surface area contributed by atoms with Crippen LogP contribution in [0.15, 0.2) is 6.07 Å². The van der Waals surface area contributed by atoms with Gasteiger partial charge >= 0.3 is 0 Å². The van der Waals surface area contributed by atoms with Gasteiger partial charge in [-0.15, -0.1) is 11.3 Å². The minimum atomic E-state index is -0.0479. The zero-order chi connectivity index (χ0) is 10.3. The van der Waals surface area contributed by atoms with E-state index >= 15 is 0 Å². The standard InChI is InChI=1S/C9H8ClNO2S/c1-5(12)11-3-2-7(13)9-6(11)4-8(10)14-9/h4H,2-3H2,1H3. The molecule has 0 N–H and O–H groups in total. The van der Waals surface area contributed by atoms with Crippen molar-refractivity contribution in [1.29, 1.82) is 0 Å². The topological polar surface area (TPSA) is 37.4 Å². The molecule has 5 heteroatoms. The van der Waals surface area contributed by atoms with E-state index in [1.165, 1.54) is 18.3 Å². The van der Waals surface area contributed by atoms with Gasteiger partial charge < -0.3 is 4.90 Å². The summed E-state index contributed by atoms with van der Waals surface area (Å²) in [5.41, 5.74) is 0.670. The zero-order valence-electron chi connectivity index (χ0n) is 7.54. The summed E-state index contributed by atoms with van der Waals surface area (Å²) in [5.74, 6) is 0.0302. The van der Waals surface area contributed by atoms with Crippen molar-refractivity contribution in [2.24, 2.45) is 0 Å². The number of carbonyl (C=O) groups is 2. The molecule has 1 aromatic rings. The Hall–Kier alpha value is -0.870. The first-order valence-corrected chi connectivity index (χ1v) is 5.39. The lowest BCUT2D eigenvalue weighted by Gasteiger charge is -2.24. The molecule has 0 aromatic carbocycles. The molecular formula is C9H8ClNO2S. The number of amides is 1. The third kappa shape index (κ3) is 1.44. The van der Waals surface area contributed by atoms with E-state index in [9.17, 15) is 9.59 Å². The van der Waals surface area contributed by atoms with Gasteiger partial charge in [-0.05, 0) is 6.07 Å². The number of hydrogen-bond donors (Lipinski definition) is 0. The molecular weight excluding hydrogens is 222 g/mol. The molecule has 0 unspecified atom stereocenters. The Labute approximate surface area is 90.3 Å². The molecule has 0 bridgehead atoms. The summed E-state index contributed by atoms with van der Waals surface area (Å²) < 4.78 is 0.552. The zero-order valence-corrected chi connectivity index (χ0v) is 9.11. The van der Waals surface area contributed by atoms with Crippen molar-refractivity contribution in [3.8, 4) is 0 Å². The SMILES string of the molecule is CC(=O)N1CCC(=O)c2sc(Cl)cc21. The van der Waals surface area contributed by atoms with Gasteiger partial charge in [0.2, 0.25) is 5.91 Å². The molecule has 3 nitrogen and oxygen atoms in total. The van der Waals surface area contributed by atoms with Crippen LogP contribution in [0.25, 0.3) is 0 Å². The predicted octanol–water partition coefficient (Wildman–Crippen LogP) is 2.34. The monoisotopic (exact) mass is 229 g/mol. The van der Waals surface area contributed by atoms with Crippen LogP contribution in [-0.4, -0.2) is 18.2 Å². The molecule has 1 aromatic heterocycles. The van der Waals surface area contributed by atoms with Crippen molar-refractivity contribution in [2.45, 2.75) is 13.3 Å². The summed E-state index contributed by atoms with van der Waals surface area (Å²) in [4.78, 5) is 24.9. The van der Waals surface area contributed by atoms with Crippen LogP contribution in [0.3, 0.4) is 0 Å². The van der Waals surface area contributed by atoms with E-state index in [0.29, 0.717) is 27.9 Å². The molecule has 1 aliphatic rings. The largest absolute Gasteiger partial charge is 0.311 e. The van der Waals surface area contributed by atoms with Gasteiger partial charge in [0.1, 0.15) is 0 Å². The maximum atomic E-state index is 11.5. The van der Waals surface area contributed by atoms with Gasteiger partial charge in [-0.2, -0.15) is 0 Å². The van der Waals surface area contributed by atoms with E-state index in [-0.39, 0.29) is 11.7 Å². The number of carbonyl (C=O) groups excluding carboxylic acids is 2. The maximum absolute atomic E-state index is 11.5. The fourth-order valence-electron chi connectivity index (χ4n) is 1.53. The van der Waals surface area contributed by atoms with Crippen LogP contribution in [0.5, 0.6) is 0 Å². The van der Waals surface area contributed by atoms with E-state index in [2.05, 4.69) is 0 Å². The minimum Gasteiger partial charge on any atom is -0.311 e. The average molecular weight is 230 g/mol. The highest BCUT2D eigenvalue weighted by Crippen LogP contribution is 2.37. The van der Waals surface area contributed by atoms with Crippen LogP contribution in [0, 0.1) is 0 Å². The summed E-state index contributed by atoms with van der Waals surface area (Å²) >= 11 is 7.06. The molecule has 0 atom stereocenters. The lowest BCUT2D eigenvalue weighted by molar-refractivity contribution is -0.116. The number of hydrogen-bond acceptors (Lipinski definition) is 3. The summed E-state index contributed by atoms with van der Waals surface area (Å²) in [6.45, 7) is 1.96. The average Bonchev–Trinajstić information content (AvgIpc) is 2.47. The molecule has 1 amide bonds. The van der Waals surface area contributed by atoms with E-state index in [1.807, 2.05) is 0 Å². The number of anilines is 1. The highest BCUT2D eigenvalue weighted by molar-refractivity contribution is 7.18. The smallest absolute Gasteiger partial charge is 0.223 e. The van der Waals surface area contributed by atoms with Crippen molar-refractivity contribution in [3.05, 3.63) is 15.3 Å². The number of nitrogens with zero attached hydrogens (tertiary/aromatic N) is 1. The summed E-state index contributed by atoms with van der Waals surface area (Å²) in [7, 11) is 0. The normalized spacial score (nSPS) is 15.6. The maximum Gasteiger partial charge on any atom is 0.223 e. The first-order chi connectivity index (χ1) is 6.59. The van der Waals surface area contributed by atoms with Crippen molar-refractivity contribution in [2.75, 3.05) is 11.4 Å². The van der Waals surface area contributed by atoms with Crippen LogP contribution in [0.4, 0.5) is 5.69 Å². The molecule has 2 rings (SSSR count). The van der Waals surface area contributed by atoms with Gasteiger partial charge in [-0.1, -0.05) is 11.6 Å². The second kappa shape index (κ2) is 3.37. The minimum absolute atomic E-state index is 0.0479. The van der Waals surface area contributed by atoms with E-state index in [4.69, 9.17) is 11.6 Å². The third-order valence-electron chi connectivity index (χ3n) is 2.17. The summed E-state index contributed by atoms with van der Waals surface area (Å²) in [6, 6.07) is 1.68. The summed E-state index contributed by atoms with van der Waals surface area (Å²) in [5, 5.41) is 0. The Morgan fingerprint density at radius 1 is 1.64 bits per heavy atom. The quantitative estimate of drug-likeness (QED) is 0.685. The Morgan fingerprint density at radius 3 is 3.00 bits per heavy atom. The molecule has 1 aliphatic heterocycles. The molecule has 0 radical (unpaired) electrons. The van der Waals surface area contributed by atoms with E-state index < -0.39 is 0 Å². The molecule has 74 valence electrons. The Morgan fingerprint density at radius 2 is 2.36 bits per heavy atom. The van der Waals surface area contributed by atoms with Gasteiger partial charge in [-0.25, -0.2) is 0 Å². The third-order valence-corrected chi connectivity index (χ3v) is 3.46. The summed E-state index contributed by atoms with van der Waals surface area (Å²) in [6.07, 6.45) is 0.392. The van der Waals surface area contributed by atoms with Gasteiger partial charge in [0, 0.05) is 19.9 Å². The van der Waals surface area contributed by atoms with Crippen molar-refractivity contribution in [3.63, 3.8) is 0 Å². The number of thiophene rings is 1. The van der Waals surface area contributed by atoms with Crippen molar-refractivity contribution < 1.29 is 9.59 Å². The van der Waals surface area contributed by atoms with E-state index in [1.54, 1.807) is 11.0 Å². The second-order valence-corrected chi connectivity index (χ2v) is 4.79. The highest BCUT2D eigenvalue weighted by atomic mass is 35.5. The van der Waals surface area contributed by atoms with Crippen LogP contribution in [0.1, 0.15) is 23.0 Å². The molecule has 2 heterocycles. The molecule has 0 aliphatic carbocycles. The molecule has 0 spiro atoms. The molecule has 0 fully saturated rings. The van der Waals surface area contributed by atoms with Crippen LogP contribution >= 0.6 is 22.9 Å². The number of fused-ring (bicyclic) bond motifs is 1. The van der Waals surface area contributed by atoms with Crippen LogP contribution in [0.2, 0.25) is 4.34 Å². The lowest BCUT2D eigenvalue weighted by Crippen LogP contribution is -2.34. The van der Waals surface area contributed by atoms with Gasteiger partial charge in [0.15, 0.2) is 5.78 Å². The van der Waals surface area contributed by atoms with E-state index in [0.717, 1.165) is 0 Å². The number of halogens is 1. The van der Waals surface area contributed by atoms with Gasteiger partial charge in [-0.3, -0.25) is 9.59 Å². The highest BCUT2D eigenvalue weighted by Gasteiger charge is 2.27. The first-order valence-electron chi connectivity index (χ1n) is 4.20. The molecule has 14 heavy (non-hydrogen) atoms.